The Hall–Kier alpha value is -3.80. The predicted molar refractivity (Wildman–Crippen MR) is 122 cm³/mol. The van der Waals surface area contributed by atoms with E-state index in [9.17, 15) is 9.59 Å². The van der Waals surface area contributed by atoms with Crippen LogP contribution in [0.2, 0.25) is 0 Å². The Balaban J connectivity index is 1.88. The van der Waals surface area contributed by atoms with Gasteiger partial charge in [0.15, 0.2) is 11.5 Å². The van der Waals surface area contributed by atoms with Gasteiger partial charge in [-0.3, -0.25) is 9.59 Å². The van der Waals surface area contributed by atoms with E-state index < -0.39 is 17.5 Å². The fourth-order valence-electron chi connectivity index (χ4n) is 3.64. The van der Waals surface area contributed by atoms with Gasteiger partial charge in [-0.25, -0.2) is 0 Å². The molecule has 32 heavy (non-hydrogen) atoms. The molecule has 0 saturated heterocycles. The molecule has 3 aromatic carbocycles. The van der Waals surface area contributed by atoms with Gasteiger partial charge in [-0.15, -0.1) is 0 Å². The molecule has 3 aromatic rings. The van der Waals surface area contributed by atoms with Crippen LogP contribution in [0.4, 0.5) is 0 Å². The second kappa shape index (κ2) is 10.5. The maximum absolute atomic E-state index is 13.6. The van der Waals surface area contributed by atoms with Crippen LogP contribution >= 0.6 is 0 Å². The van der Waals surface area contributed by atoms with Crippen molar-refractivity contribution in [3.05, 3.63) is 95.6 Å². The molecule has 0 saturated carbocycles. The Labute approximate surface area is 188 Å². The molecule has 1 N–H and O–H groups in total. The highest BCUT2D eigenvalue weighted by atomic mass is 16.6. The van der Waals surface area contributed by atoms with Gasteiger partial charge in [0, 0.05) is 24.6 Å². The maximum Gasteiger partial charge on any atom is 0.304 e. The molecule has 6 nitrogen and oxygen atoms in total. The minimum atomic E-state index is -1.59. The highest BCUT2D eigenvalue weighted by molar-refractivity contribution is 5.92. The van der Waals surface area contributed by atoms with Crippen LogP contribution < -0.4 is 14.8 Å². The molecule has 0 bridgehead atoms. The number of carbonyl (C=O) groups excluding carboxylic acids is 2. The lowest BCUT2D eigenvalue weighted by Gasteiger charge is -2.32. The van der Waals surface area contributed by atoms with Crippen molar-refractivity contribution >= 4 is 11.9 Å². The van der Waals surface area contributed by atoms with E-state index in [0.717, 1.165) is 5.56 Å². The molecule has 0 atom stereocenters. The molecule has 0 heterocycles. The van der Waals surface area contributed by atoms with Gasteiger partial charge >= 0.3 is 5.97 Å². The number of esters is 1. The Kier molecular flexibility index (Phi) is 7.49. The largest absolute Gasteiger partial charge is 0.493 e. The lowest BCUT2D eigenvalue weighted by Crippen LogP contribution is -2.48. The van der Waals surface area contributed by atoms with E-state index in [4.69, 9.17) is 14.2 Å². The molecular formula is C26H27NO5. The van der Waals surface area contributed by atoms with Crippen LogP contribution in [-0.2, 0) is 26.3 Å². The molecular weight excluding hydrogens is 406 g/mol. The zero-order valence-electron chi connectivity index (χ0n) is 18.5. The van der Waals surface area contributed by atoms with Crippen molar-refractivity contribution in [2.24, 2.45) is 0 Å². The SMILES string of the molecule is COc1ccc(CCNC(=O)C(OC(C)=O)(c2ccccc2)c2ccccc2)cc1OC. The fraction of sp³-hybridized carbons (Fsp3) is 0.231. The van der Waals surface area contributed by atoms with Gasteiger partial charge in [-0.05, 0) is 24.1 Å². The molecule has 0 aliphatic carbocycles. The Morgan fingerprint density at radius 3 is 1.88 bits per heavy atom. The third kappa shape index (κ3) is 4.91. The van der Waals surface area contributed by atoms with Gasteiger partial charge in [0.2, 0.25) is 5.60 Å². The first-order valence-corrected chi connectivity index (χ1v) is 10.3. The molecule has 0 spiro atoms. The van der Waals surface area contributed by atoms with Crippen molar-refractivity contribution < 1.29 is 23.8 Å². The monoisotopic (exact) mass is 433 g/mol. The molecule has 166 valence electrons. The Bertz CT molecular complexity index is 1010. The van der Waals surface area contributed by atoms with Crippen LogP contribution in [0.5, 0.6) is 11.5 Å². The van der Waals surface area contributed by atoms with Gasteiger partial charge in [0.1, 0.15) is 0 Å². The Morgan fingerprint density at radius 2 is 1.38 bits per heavy atom. The molecule has 0 aliphatic rings. The third-order valence-electron chi connectivity index (χ3n) is 5.12. The second-order valence-electron chi connectivity index (χ2n) is 7.20. The highest BCUT2D eigenvalue weighted by Gasteiger charge is 2.45. The van der Waals surface area contributed by atoms with Gasteiger partial charge in [-0.2, -0.15) is 0 Å². The van der Waals surface area contributed by atoms with Crippen molar-refractivity contribution in [3.8, 4) is 11.5 Å². The molecule has 0 fully saturated rings. The van der Waals surface area contributed by atoms with E-state index in [1.165, 1.54) is 6.92 Å². The van der Waals surface area contributed by atoms with E-state index in [2.05, 4.69) is 5.32 Å². The highest BCUT2D eigenvalue weighted by Crippen LogP contribution is 2.34. The van der Waals surface area contributed by atoms with E-state index >= 15 is 0 Å². The number of benzene rings is 3. The number of rotatable bonds is 9. The minimum Gasteiger partial charge on any atom is -0.493 e. The van der Waals surface area contributed by atoms with Gasteiger partial charge < -0.3 is 19.5 Å². The number of ether oxygens (including phenoxy) is 3. The number of carbonyl (C=O) groups is 2. The lowest BCUT2D eigenvalue weighted by atomic mass is 9.85. The fourth-order valence-corrected chi connectivity index (χ4v) is 3.64. The molecule has 0 radical (unpaired) electrons. The van der Waals surface area contributed by atoms with Crippen molar-refractivity contribution in [2.75, 3.05) is 20.8 Å². The van der Waals surface area contributed by atoms with E-state index in [-0.39, 0.29) is 0 Å². The molecule has 0 unspecified atom stereocenters. The first-order chi connectivity index (χ1) is 15.5. The van der Waals surface area contributed by atoms with Gasteiger partial charge in [0.05, 0.1) is 14.2 Å². The summed E-state index contributed by atoms with van der Waals surface area (Å²) in [7, 11) is 3.16. The molecule has 0 aromatic heterocycles. The first-order valence-electron chi connectivity index (χ1n) is 10.3. The predicted octanol–water partition coefficient (Wildman–Crippen LogP) is 3.87. The number of amides is 1. The summed E-state index contributed by atoms with van der Waals surface area (Å²) in [4.78, 5) is 25.7. The molecule has 1 amide bonds. The van der Waals surface area contributed by atoms with Crippen molar-refractivity contribution in [3.63, 3.8) is 0 Å². The average Bonchev–Trinajstić information content (AvgIpc) is 2.83. The topological polar surface area (TPSA) is 73.9 Å². The van der Waals surface area contributed by atoms with Gasteiger partial charge in [-0.1, -0.05) is 66.7 Å². The van der Waals surface area contributed by atoms with Crippen molar-refractivity contribution in [1.29, 1.82) is 0 Å². The summed E-state index contributed by atoms with van der Waals surface area (Å²) >= 11 is 0. The van der Waals surface area contributed by atoms with Crippen molar-refractivity contribution in [1.82, 2.24) is 5.32 Å². The maximum atomic E-state index is 13.6. The van der Waals surface area contributed by atoms with Crippen LogP contribution in [0.1, 0.15) is 23.6 Å². The summed E-state index contributed by atoms with van der Waals surface area (Å²) in [5, 5.41) is 2.95. The third-order valence-corrected chi connectivity index (χ3v) is 5.12. The molecule has 6 heteroatoms. The number of nitrogens with one attached hydrogen (secondary N) is 1. The Morgan fingerprint density at radius 1 is 0.812 bits per heavy atom. The van der Waals surface area contributed by atoms with E-state index in [1.807, 2.05) is 54.6 Å². The summed E-state index contributed by atoms with van der Waals surface area (Å²) < 4.78 is 16.4. The molecule has 0 aliphatic heterocycles. The lowest BCUT2D eigenvalue weighted by molar-refractivity contribution is -0.163. The van der Waals surface area contributed by atoms with E-state index in [1.54, 1.807) is 38.5 Å². The standard InChI is InChI=1S/C26H27NO5/c1-19(28)32-26(21-10-6-4-7-11-21,22-12-8-5-9-13-22)25(29)27-17-16-20-14-15-23(30-2)24(18-20)31-3/h4-15,18H,16-17H2,1-3H3,(H,27,29). The average molecular weight is 434 g/mol. The molecule has 3 rings (SSSR count). The minimum absolute atomic E-state index is 0.344. The normalized spacial score (nSPS) is 10.8. The summed E-state index contributed by atoms with van der Waals surface area (Å²) in [6, 6.07) is 23.7. The zero-order valence-corrected chi connectivity index (χ0v) is 18.5. The van der Waals surface area contributed by atoms with Crippen LogP contribution in [0.3, 0.4) is 0 Å². The number of hydrogen-bond donors (Lipinski definition) is 1. The zero-order chi connectivity index (χ0) is 23.0. The quantitative estimate of drug-likeness (QED) is 0.519. The smallest absolute Gasteiger partial charge is 0.304 e. The summed E-state index contributed by atoms with van der Waals surface area (Å²) in [5.74, 6) is 0.305. The van der Waals surface area contributed by atoms with Crippen molar-refractivity contribution in [2.45, 2.75) is 18.9 Å². The van der Waals surface area contributed by atoms with Crippen LogP contribution in [0.15, 0.2) is 78.9 Å². The number of methoxy groups -OCH3 is 2. The summed E-state index contributed by atoms with van der Waals surface area (Å²) in [6.07, 6.45) is 0.561. The second-order valence-corrected chi connectivity index (χ2v) is 7.20. The summed E-state index contributed by atoms with van der Waals surface area (Å²) in [6.45, 7) is 1.65. The van der Waals surface area contributed by atoms with Crippen LogP contribution in [0, 0.1) is 0 Å². The van der Waals surface area contributed by atoms with Gasteiger partial charge in [0.25, 0.3) is 5.91 Å². The summed E-state index contributed by atoms with van der Waals surface area (Å²) in [5.41, 5.74) is 0.530. The van der Waals surface area contributed by atoms with E-state index in [0.29, 0.717) is 35.6 Å². The van der Waals surface area contributed by atoms with Crippen LogP contribution in [-0.4, -0.2) is 32.6 Å². The van der Waals surface area contributed by atoms with Crippen LogP contribution in [0.25, 0.3) is 0 Å². The first kappa shape index (κ1) is 22.9. The number of hydrogen-bond acceptors (Lipinski definition) is 5.